The van der Waals surface area contributed by atoms with Gasteiger partial charge in [-0.15, -0.1) is 12.4 Å². The maximum absolute atomic E-state index is 12.6. The number of benzene rings is 1. The lowest BCUT2D eigenvalue weighted by Crippen LogP contribution is -2.75. The van der Waals surface area contributed by atoms with Gasteiger partial charge in [0.25, 0.3) is 5.91 Å². The predicted octanol–water partition coefficient (Wildman–Crippen LogP) is 2.01. The van der Waals surface area contributed by atoms with Gasteiger partial charge < -0.3 is 21.1 Å². The lowest BCUT2D eigenvalue weighted by Gasteiger charge is -2.57. The lowest BCUT2D eigenvalue weighted by molar-refractivity contribution is -0.170. The Morgan fingerprint density at radius 3 is 2.31 bits per heavy atom. The molecule has 2 unspecified atom stereocenters. The summed E-state index contributed by atoms with van der Waals surface area (Å²) >= 11 is 0. The average Bonchev–Trinajstić information content (AvgIpc) is 2.59. The topological polar surface area (TPSA) is 93.5 Å². The highest BCUT2D eigenvalue weighted by Gasteiger charge is 2.62. The van der Waals surface area contributed by atoms with Gasteiger partial charge in [-0.3, -0.25) is 9.59 Å². The number of hydrogen-bond donors (Lipinski definition) is 3. The van der Waals surface area contributed by atoms with Gasteiger partial charge in [0.1, 0.15) is 5.54 Å². The molecule has 0 radical (unpaired) electrons. The van der Waals surface area contributed by atoms with E-state index in [1.54, 1.807) is 12.1 Å². The summed E-state index contributed by atoms with van der Waals surface area (Å²) in [5, 5.41) is 5.67. The molecule has 1 saturated carbocycles. The first-order valence-electron chi connectivity index (χ1n) is 8.82. The van der Waals surface area contributed by atoms with Crippen LogP contribution in [0.25, 0.3) is 0 Å². The van der Waals surface area contributed by atoms with Gasteiger partial charge in [-0.05, 0) is 31.5 Å². The Bertz CT molecular complexity index is 633. The number of halogens is 1. The quantitative estimate of drug-likeness (QED) is 0.671. The molecule has 2 amide bonds. The highest BCUT2D eigenvalue weighted by atomic mass is 35.5. The van der Waals surface area contributed by atoms with Crippen LogP contribution in [0, 0.1) is 5.41 Å². The van der Waals surface area contributed by atoms with Crippen LogP contribution in [0.15, 0.2) is 24.3 Å². The highest BCUT2D eigenvalue weighted by molar-refractivity contribution is 5.94. The van der Waals surface area contributed by atoms with Crippen LogP contribution < -0.4 is 16.4 Å². The van der Waals surface area contributed by atoms with Crippen molar-refractivity contribution in [3.63, 3.8) is 0 Å². The first-order valence-corrected chi connectivity index (χ1v) is 8.82. The van der Waals surface area contributed by atoms with Crippen LogP contribution in [-0.4, -0.2) is 36.6 Å². The van der Waals surface area contributed by atoms with E-state index >= 15 is 0 Å². The van der Waals surface area contributed by atoms with Gasteiger partial charge in [0, 0.05) is 37.1 Å². The van der Waals surface area contributed by atoms with Crippen LogP contribution in [0.4, 0.5) is 0 Å². The molecular weight excluding hydrogens is 354 g/mol. The number of nitrogens with two attached hydrogens (primary N) is 1. The van der Waals surface area contributed by atoms with Crippen LogP contribution in [0.3, 0.4) is 0 Å². The molecule has 1 aromatic rings. The fraction of sp³-hybridized carbons (Fsp3) is 0.579. The van der Waals surface area contributed by atoms with Gasteiger partial charge >= 0.3 is 0 Å². The van der Waals surface area contributed by atoms with Crippen molar-refractivity contribution in [1.82, 2.24) is 10.6 Å². The zero-order valence-electron chi connectivity index (χ0n) is 15.9. The molecule has 0 saturated heterocycles. The second kappa shape index (κ2) is 8.84. The van der Waals surface area contributed by atoms with E-state index < -0.39 is 11.0 Å². The minimum absolute atomic E-state index is 0. The second-order valence-electron chi connectivity index (χ2n) is 7.08. The molecule has 2 rings (SSSR count). The van der Waals surface area contributed by atoms with E-state index in [0.29, 0.717) is 31.7 Å². The van der Waals surface area contributed by atoms with Crippen LogP contribution in [0.5, 0.6) is 0 Å². The Morgan fingerprint density at radius 2 is 1.81 bits per heavy atom. The average molecular weight is 384 g/mol. The number of rotatable bonds is 7. The molecule has 4 N–H and O–H groups in total. The van der Waals surface area contributed by atoms with Gasteiger partial charge in [-0.1, -0.05) is 26.0 Å². The van der Waals surface area contributed by atoms with Gasteiger partial charge in [0.15, 0.2) is 0 Å². The summed E-state index contributed by atoms with van der Waals surface area (Å²) in [6.07, 6.45) is 0.528. The van der Waals surface area contributed by atoms with Crippen molar-refractivity contribution < 1.29 is 14.3 Å². The van der Waals surface area contributed by atoms with E-state index in [9.17, 15) is 9.59 Å². The molecule has 2 atom stereocenters. The minimum Gasteiger partial charge on any atom is -0.378 e. The van der Waals surface area contributed by atoms with E-state index in [1.165, 1.54) is 0 Å². The Hall–Kier alpha value is -1.63. The van der Waals surface area contributed by atoms with Crippen LogP contribution >= 0.6 is 12.4 Å². The van der Waals surface area contributed by atoms with Crippen molar-refractivity contribution in [1.29, 1.82) is 0 Å². The lowest BCUT2D eigenvalue weighted by atomic mass is 9.54. The van der Waals surface area contributed by atoms with Gasteiger partial charge in [-0.25, -0.2) is 0 Å². The minimum atomic E-state index is -0.923. The van der Waals surface area contributed by atoms with Gasteiger partial charge in [0.2, 0.25) is 5.91 Å². The standard InChI is InChI=1S/C19H29N3O3.ClH/c1-5-21-16(23)14-9-7-13(8-10-14)12-22-17(24)19(20)11-15(25-6-2)18(19,3)4;/h7-10,15H,5-6,11-12,20H2,1-4H3,(H,21,23)(H,22,24);1H. The summed E-state index contributed by atoms with van der Waals surface area (Å²) in [7, 11) is 0. The Balaban J connectivity index is 0.00000338. The van der Waals surface area contributed by atoms with Crippen molar-refractivity contribution in [2.45, 2.75) is 52.3 Å². The van der Waals surface area contributed by atoms with E-state index in [0.717, 1.165) is 5.56 Å². The summed E-state index contributed by atoms with van der Waals surface area (Å²) in [6.45, 7) is 9.34. The smallest absolute Gasteiger partial charge is 0.251 e. The number of amides is 2. The molecule has 1 aliphatic carbocycles. The number of nitrogens with one attached hydrogen (secondary N) is 2. The van der Waals surface area contributed by atoms with Crippen molar-refractivity contribution >= 4 is 24.2 Å². The number of hydrogen-bond acceptors (Lipinski definition) is 4. The van der Waals surface area contributed by atoms with Gasteiger partial charge in [-0.2, -0.15) is 0 Å². The summed E-state index contributed by atoms with van der Waals surface area (Å²) in [6, 6.07) is 7.18. The molecule has 146 valence electrons. The van der Waals surface area contributed by atoms with E-state index in [-0.39, 0.29) is 30.3 Å². The number of carbonyl (C=O) groups excluding carboxylic acids is 2. The summed E-state index contributed by atoms with van der Waals surface area (Å²) in [4.78, 5) is 24.3. The third kappa shape index (κ3) is 4.19. The maximum atomic E-state index is 12.6. The molecule has 1 aliphatic rings. The summed E-state index contributed by atoms with van der Waals surface area (Å²) in [5.41, 5.74) is 6.55. The molecule has 0 aliphatic heterocycles. The Labute approximate surface area is 161 Å². The van der Waals surface area contributed by atoms with Crippen molar-refractivity contribution in [2.75, 3.05) is 13.2 Å². The predicted molar refractivity (Wildman–Crippen MR) is 104 cm³/mol. The monoisotopic (exact) mass is 383 g/mol. The zero-order valence-corrected chi connectivity index (χ0v) is 16.7. The first-order chi connectivity index (χ1) is 11.8. The molecule has 0 heterocycles. The third-order valence-electron chi connectivity index (χ3n) is 5.24. The maximum Gasteiger partial charge on any atom is 0.251 e. The Morgan fingerprint density at radius 1 is 1.19 bits per heavy atom. The third-order valence-corrected chi connectivity index (χ3v) is 5.24. The molecule has 0 bridgehead atoms. The fourth-order valence-electron chi connectivity index (χ4n) is 3.20. The normalized spacial score (nSPS) is 23.3. The summed E-state index contributed by atoms with van der Waals surface area (Å²) in [5.74, 6) is -0.265. The molecule has 1 fully saturated rings. The SMILES string of the molecule is CCNC(=O)c1ccc(CNC(=O)C2(N)CC(OCC)C2(C)C)cc1.Cl. The molecule has 6 nitrogen and oxygen atoms in total. The molecule has 26 heavy (non-hydrogen) atoms. The number of carbonyl (C=O) groups is 2. The molecule has 7 heteroatoms. The zero-order chi connectivity index (χ0) is 18.7. The van der Waals surface area contributed by atoms with Crippen molar-refractivity contribution in [2.24, 2.45) is 11.1 Å². The number of ether oxygens (including phenoxy) is 1. The van der Waals surface area contributed by atoms with Crippen LogP contribution in [-0.2, 0) is 16.1 Å². The van der Waals surface area contributed by atoms with Gasteiger partial charge in [0.05, 0.1) is 6.10 Å². The van der Waals surface area contributed by atoms with Crippen LogP contribution in [0.2, 0.25) is 0 Å². The van der Waals surface area contributed by atoms with E-state index in [4.69, 9.17) is 10.5 Å². The molecular formula is C19H30ClN3O3. The molecule has 0 spiro atoms. The van der Waals surface area contributed by atoms with Crippen molar-refractivity contribution in [3.05, 3.63) is 35.4 Å². The first kappa shape index (κ1) is 22.4. The summed E-state index contributed by atoms with van der Waals surface area (Å²) < 4.78 is 5.66. The van der Waals surface area contributed by atoms with Crippen LogP contribution in [0.1, 0.15) is 50.0 Å². The molecule has 0 aromatic heterocycles. The Kier molecular flexibility index (Phi) is 7.62. The highest BCUT2D eigenvalue weighted by Crippen LogP contribution is 2.49. The van der Waals surface area contributed by atoms with E-state index in [1.807, 2.05) is 39.8 Å². The second-order valence-corrected chi connectivity index (χ2v) is 7.08. The largest absolute Gasteiger partial charge is 0.378 e. The van der Waals surface area contributed by atoms with E-state index in [2.05, 4.69) is 10.6 Å². The molecule has 1 aromatic carbocycles. The fourth-order valence-corrected chi connectivity index (χ4v) is 3.20. The van der Waals surface area contributed by atoms with Crippen molar-refractivity contribution in [3.8, 4) is 0 Å².